The Bertz CT molecular complexity index is 1020. The van der Waals surface area contributed by atoms with E-state index in [0.717, 1.165) is 23.3 Å². The average Bonchev–Trinajstić information content (AvgIpc) is 2.95. The van der Waals surface area contributed by atoms with Crippen molar-refractivity contribution in [3.63, 3.8) is 0 Å². The summed E-state index contributed by atoms with van der Waals surface area (Å²) in [6.07, 6.45) is -4.42. The SMILES string of the molecule is Cc1cccc(-c2n[nH]c(=S)n2CC(=O)Nc2ccc(C(F)(F)F)cc2)c1. The second-order valence-corrected chi connectivity index (χ2v) is 6.32. The summed E-state index contributed by atoms with van der Waals surface area (Å²) < 4.78 is 39.6. The lowest BCUT2D eigenvalue weighted by molar-refractivity contribution is -0.137. The molecule has 2 N–H and O–H groups in total. The van der Waals surface area contributed by atoms with Gasteiger partial charge in [0.15, 0.2) is 10.6 Å². The number of rotatable bonds is 4. The van der Waals surface area contributed by atoms with Gasteiger partial charge in [-0.1, -0.05) is 23.8 Å². The number of hydrogen-bond donors (Lipinski definition) is 2. The zero-order valence-corrected chi connectivity index (χ0v) is 15.0. The highest BCUT2D eigenvalue weighted by Gasteiger charge is 2.30. The lowest BCUT2D eigenvalue weighted by atomic mass is 10.1. The number of aromatic nitrogens is 3. The first kappa shape index (κ1) is 18.8. The van der Waals surface area contributed by atoms with Crippen LogP contribution in [0.15, 0.2) is 48.5 Å². The van der Waals surface area contributed by atoms with Gasteiger partial charge in [-0.15, -0.1) is 0 Å². The lowest BCUT2D eigenvalue weighted by Crippen LogP contribution is -2.19. The van der Waals surface area contributed by atoms with E-state index in [1.54, 1.807) is 0 Å². The molecule has 3 aromatic rings. The van der Waals surface area contributed by atoms with Gasteiger partial charge in [-0.25, -0.2) is 0 Å². The Morgan fingerprint density at radius 1 is 1.22 bits per heavy atom. The molecule has 0 fully saturated rings. The Morgan fingerprint density at radius 2 is 1.93 bits per heavy atom. The summed E-state index contributed by atoms with van der Waals surface area (Å²) in [7, 11) is 0. The van der Waals surface area contributed by atoms with E-state index < -0.39 is 17.6 Å². The Hall–Kier alpha value is -2.94. The van der Waals surface area contributed by atoms with E-state index in [9.17, 15) is 18.0 Å². The number of halogens is 3. The fourth-order valence-electron chi connectivity index (χ4n) is 2.56. The van der Waals surface area contributed by atoms with Gasteiger partial charge >= 0.3 is 6.18 Å². The summed E-state index contributed by atoms with van der Waals surface area (Å²) in [5.41, 5.74) is 1.31. The van der Waals surface area contributed by atoms with E-state index in [2.05, 4.69) is 15.5 Å². The second-order valence-electron chi connectivity index (χ2n) is 5.93. The molecular weight excluding hydrogens is 377 g/mol. The standard InChI is InChI=1S/C18H15F3N4OS/c1-11-3-2-4-12(9-11)16-23-24-17(27)25(16)10-15(26)22-14-7-5-13(6-8-14)18(19,20)21/h2-9H,10H2,1H3,(H,22,26)(H,24,27). The molecular formula is C18H15F3N4OS. The zero-order chi connectivity index (χ0) is 19.6. The van der Waals surface area contributed by atoms with Crippen molar-refractivity contribution >= 4 is 23.8 Å². The summed E-state index contributed by atoms with van der Waals surface area (Å²) >= 11 is 5.19. The van der Waals surface area contributed by atoms with Gasteiger partial charge in [0.1, 0.15) is 6.54 Å². The molecule has 0 saturated carbocycles. The van der Waals surface area contributed by atoms with Crippen LogP contribution in [0, 0.1) is 11.7 Å². The van der Waals surface area contributed by atoms with Gasteiger partial charge in [-0.3, -0.25) is 14.5 Å². The van der Waals surface area contributed by atoms with Crippen LogP contribution in [0.3, 0.4) is 0 Å². The first-order chi connectivity index (χ1) is 12.7. The van der Waals surface area contributed by atoms with Crippen LogP contribution in [0.2, 0.25) is 0 Å². The third-order valence-electron chi connectivity index (χ3n) is 3.83. The Labute approximate surface area is 157 Å². The van der Waals surface area contributed by atoms with E-state index in [-0.39, 0.29) is 17.0 Å². The summed E-state index contributed by atoms with van der Waals surface area (Å²) in [5, 5.41) is 9.39. The van der Waals surface area contributed by atoms with Gasteiger partial charge in [0.05, 0.1) is 5.56 Å². The van der Waals surface area contributed by atoms with E-state index in [0.29, 0.717) is 5.82 Å². The first-order valence-electron chi connectivity index (χ1n) is 7.93. The summed E-state index contributed by atoms with van der Waals surface area (Å²) in [4.78, 5) is 12.3. The normalized spacial score (nSPS) is 11.4. The van der Waals surface area contributed by atoms with Crippen LogP contribution >= 0.6 is 12.2 Å². The molecule has 1 amide bonds. The highest BCUT2D eigenvalue weighted by atomic mass is 32.1. The van der Waals surface area contributed by atoms with Crippen LogP contribution in [-0.2, 0) is 17.5 Å². The first-order valence-corrected chi connectivity index (χ1v) is 8.34. The lowest BCUT2D eigenvalue weighted by Gasteiger charge is -2.10. The van der Waals surface area contributed by atoms with Crippen molar-refractivity contribution in [3.05, 3.63) is 64.4 Å². The number of nitrogens with one attached hydrogen (secondary N) is 2. The summed E-state index contributed by atoms with van der Waals surface area (Å²) in [5.74, 6) is 0.0763. The number of aromatic amines is 1. The van der Waals surface area contributed by atoms with Crippen molar-refractivity contribution in [1.82, 2.24) is 14.8 Å². The average molecular weight is 392 g/mol. The third-order valence-corrected chi connectivity index (χ3v) is 4.14. The van der Waals surface area contributed by atoms with Gasteiger partial charge < -0.3 is 5.32 Å². The number of amides is 1. The monoisotopic (exact) mass is 392 g/mol. The fraction of sp³-hybridized carbons (Fsp3) is 0.167. The molecule has 0 spiro atoms. The van der Waals surface area contributed by atoms with Crippen molar-refractivity contribution in [1.29, 1.82) is 0 Å². The maximum atomic E-state index is 12.6. The van der Waals surface area contributed by atoms with Crippen LogP contribution < -0.4 is 5.32 Å². The van der Waals surface area contributed by atoms with Gasteiger partial charge in [-0.2, -0.15) is 18.3 Å². The minimum atomic E-state index is -4.42. The number of H-pyrrole nitrogens is 1. The quantitative estimate of drug-likeness (QED) is 0.639. The Morgan fingerprint density at radius 3 is 2.56 bits per heavy atom. The van der Waals surface area contributed by atoms with Crippen molar-refractivity contribution < 1.29 is 18.0 Å². The molecule has 3 rings (SSSR count). The molecule has 0 aliphatic heterocycles. The van der Waals surface area contributed by atoms with E-state index in [1.165, 1.54) is 16.7 Å². The highest BCUT2D eigenvalue weighted by Crippen LogP contribution is 2.29. The van der Waals surface area contributed by atoms with Gasteiger partial charge in [0, 0.05) is 11.3 Å². The van der Waals surface area contributed by atoms with Crippen molar-refractivity contribution in [3.8, 4) is 11.4 Å². The molecule has 9 heteroatoms. The topological polar surface area (TPSA) is 62.7 Å². The predicted octanol–water partition coefficient (Wildman–Crippen LogP) is 4.57. The molecule has 5 nitrogen and oxygen atoms in total. The predicted molar refractivity (Wildman–Crippen MR) is 97.7 cm³/mol. The molecule has 0 aliphatic carbocycles. The zero-order valence-electron chi connectivity index (χ0n) is 14.2. The van der Waals surface area contributed by atoms with Gasteiger partial charge in [0.25, 0.3) is 0 Å². The maximum absolute atomic E-state index is 12.6. The van der Waals surface area contributed by atoms with Crippen molar-refractivity contribution in [2.75, 3.05) is 5.32 Å². The minimum absolute atomic E-state index is 0.125. The Kier molecular flexibility index (Phi) is 5.13. The molecule has 2 aromatic carbocycles. The van der Waals surface area contributed by atoms with E-state index >= 15 is 0 Å². The maximum Gasteiger partial charge on any atom is 0.416 e. The van der Waals surface area contributed by atoms with E-state index in [4.69, 9.17) is 12.2 Å². The number of hydrogen-bond acceptors (Lipinski definition) is 3. The van der Waals surface area contributed by atoms with E-state index in [1.807, 2.05) is 31.2 Å². The molecule has 27 heavy (non-hydrogen) atoms. The molecule has 0 unspecified atom stereocenters. The third kappa shape index (κ3) is 4.43. The van der Waals surface area contributed by atoms with Crippen molar-refractivity contribution in [2.24, 2.45) is 0 Å². The molecule has 140 valence electrons. The van der Waals surface area contributed by atoms with Crippen LogP contribution in [-0.4, -0.2) is 20.7 Å². The molecule has 0 bridgehead atoms. The fourth-order valence-corrected chi connectivity index (χ4v) is 2.75. The molecule has 0 aliphatic rings. The second kappa shape index (κ2) is 7.36. The highest BCUT2D eigenvalue weighted by molar-refractivity contribution is 7.71. The number of benzene rings is 2. The molecule has 0 radical (unpaired) electrons. The van der Waals surface area contributed by atoms with Crippen LogP contribution in [0.4, 0.5) is 18.9 Å². The number of carbonyl (C=O) groups excluding carboxylic acids is 1. The Balaban J connectivity index is 1.77. The van der Waals surface area contributed by atoms with Gasteiger partial charge in [-0.05, 0) is 49.5 Å². The van der Waals surface area contributed by atoms with Crippen LogP contribution in [0.1, 0.15) is 11.1 Å². The summed E-state index contributed by atoms with van der Waals surface area (Å²) in [6.45, 7) is 1.81. The summed E-state index contributed by atoms with van der Waals surface area (Å²) in [6, 6.07) is 11.8. The number of alkyl halides is 3. The van der Waals surface area contributed by atoms with Crippen LogP contribution in [0.5, 0.6) is 0 Å². The smallest absolute Gasteiger partial charge is 0.325 e. The number of nitrogens with zero attached hydrogens (tertiary/aromatic N) is 2. The van der Waals surface area contributed by atoms with Gasteiger partial charge in [0.2, 0.25) is 5.91 Å². The number of aryl methyl sites for hydroxylation is 1. The van der Waals surface area contributed by atoms with Crippen LogP contribution in [0.25, 0.3) is 11.4 Å². The molecule has 0 atom stereocenters. The molecule has 1 heterocycles. The van der Waals surface area contributed by atoms with Crippen molar-refractivity contribution in [2.45, 2.75) is 19.6 Å². The molecule has 0 saturated heterocycles. The minimum Gasteiger partial charge on any atom is -0.325 e. The number of anilines is 1. The molecule has 1 aromatic heterocycles. The number of carbonyl (C=O) groups is 1. The largest absolute Gasteiger partial charge is 0.416 e.